The van der Waals surface area contributed by atoms with Gasteiger partial charge in [-0.15, -0.1) is 0 Å². The molecule has 1 atom stereocenters. The molecule has 4 nitrogen and oxygen atoms in total. The number of hydrogen-bond acceptors (Lipinski definition) is 4. The van der Waals surface area contributed by atoms with Crippen molar-refractivity contribution in [2.24, 2.45) is 0 Å². The van der Waals surface area contributed by atoms with Crippen molar-refractivity contribution in [2.45, 2.75) is 32.4 Å². The van der Waals surface area contributed by atoms with Crippen LogP contribution in [0.1, 0.15) is 20.8 Å². The highest BCUT2D eigenvalue weighted by Crippen LogP contribution is 2.04. The smallest absolute Gasteiger partial charge is 0.0829 e. The third kappa shape index (κ3) is 6.99. The number of nitrogens with one attached hydrogen (secondary N) is 1. The Bertz CT molecular complexity index is 215. The minimum absolute atomic E-state index is 0.211. The van der Waals surface area contributed by atoms with E-state index in [1.54, 1.807) is 0 Å². The van der Waals surface area contributed by atoms with Gasteiger partial charge >= 0.3 is 0 Å². The minimum Gasteiger partial charge on any atom is -0.374 e. The molecule has 0 aromatic carbocycles. The summed E-state index contributed by atoms with van der Waals surface area (Å²) in [5.41, 5.74) is 0.211. The van der Waals surface area contributed by atoms with Crippen molar-refractivity contribution in [1.82, 2.24) is 15.1 Å². The molecule has 1 aliphatic rings. The van der Waals surface area contributed by atoms with Crippen LogP contribution in [0.5, 0.6) is 0 Å². The van der Waals surface area contributed by atoms with E-state index in [-0.39, 0.29) is 5.54 Å². The summed E-state index contributed by atoms with van der Waals surface area (Å²) in [7, 11) is 4.33. The predicted molar refractivity (Wildman–Crippen MR) is 72.5 cm³/mol. The van der Waals surface area contributed by atoms with Crippen molar-refractivity contribution in [2.75, 3.05) is 53.4 Å². The third-order valence-electron chi connectivity index (χ3n) is 3.01. The first-order valence-electron chi connectivity index (χ1n) is 6.60. The number of ether oxygens (including phenoxy) is 1. The van der Waals surface area contributed by atoms with E-state index in [0.717, 1.165) is 39.3 Å². The first kappa shape index (κ1) is 14.9. The standard InChI is InChI=1S/C13H29N3O/c1-13(2,3)14-6-7-15(4)10-12-11-16(5)8-9-17-12/h12,14H,6-11H2,1-5H3. The fourth-order valence-electron chi connectivity index (χ4n) is 2.04. The molecule has 102 valence electrons. The average molecular weight is 243 g/mol. The summed E-state index contributed by atoms with van der Waals surface area (Å²) in [6.07, 6.45) is 0.369. The molecule has 0 amide bonds. The van der Waals surface area contributed by atoms with E-state index in [2.05, 4.69) is 50.0 Å². The highest BCUT2D eigenvalue weighted by Gasteiger charge is 2.19. The lowest BCUT2D eigenvalue weighted by atomic mass is 10.1. The van der Waals surface area contributed by atoms with Crippen LogP contribution in [0.25, 0.3) is 0 Å². The van der Waals surface area contributed by atoms with E-state index in [4.69, 9.17) is 4.74 Å². The van der Waals surface area contributed by atoms with Gasteiger partial charge < -0.3 is 19.9 Å². The summed E-state index contributed by atoms with van der Waals surface area (Å²) >= 11 is 0. The molecular weight excluding hydrogens is 214 g/mol. The molecule has 0 aliphatic carbocycles. The Morgan fingerprint density at radius 1 is 1.41 bits per heavy atom. The summed E-state index contributed by atoms with van der Waals surface area (Å²) in [6.45, 7) is 12.7. The molecular formula is C13H29N3O. The van der Waals surface area contributed by atoms with Gasteiger partial charge in [0.15, 0.2) is 0 Å². The van der Waals surface area contributed by atoms with E-state index in [1.807, 2.05) is 0 Å². The van der Waals surface area contributed by atoms with Crippen molar-refractivity contribution >= 4 is 0 Å². The summed E-state index contributed by atoms with van der Waals surface area (Å²) in [5, 5.41) is 3.51. The van der Waals surface area contributed by atoms with Crippen molar-refractivity contribution in [3.63, 3.8) is 0 Å². The molecule has 1 aliphatic heterocycles. The molecule has 4 heteroatoms. The third-order valence-corrected chi connectivity index (χ3v) is 3.01. The molecule has 1 rings (SSSR count). The molecule has 1 fully saturated rings. The fraction of sp³-hybridized carbons (Fsp3) is 1.00. The molecule has 0 aromatic rings. The minimum atomic E-state index is 0.211. The zero-order valence-corrected chi connectivity index (χ0v) is 12.1. The van der Waals surface area contributed by atoms with E-state index in [9.17, 15) is 0 Å². The maximum atomic E-state index is 5.76. The monoisotopic (exact) mass is 243 g/mol. The van der Waals surface area contributed by atoms with Crippen molar-refractivity contribution in [3.8, 4) is 0 Å². The van der Waals surface area contributed by atoms with Crippen LogP contribution in [0.15, 0.2) is 0 Å². The predicted octanol–water partition coefficient (Wildman–Crippen LogP) is 0.637. The first-order chi connectivity index (χ1) is 7.87. The quantitative estimate of drug-likeness (QED) is 0.767. The summed E-state index contributed by atoms with van der Waals surface area (Å²) in [4.78, 5) is 4.69. The number of nitrogens with zero attached hydrogens (tertiary/aromatic N) is 2. The normalized spacial score (nSPS) is 23.3. The van der Waals surface area contributed by atoms with Gasteiger partial charge in [0.05, 0.1) is 12.7 Å². The Labute approximate surface area is 106 Å². The van der Waals surface area contributed by atoms with Crippen LogP contribution in [0.4, 0.5) is 0 Å². The van der Waals surface area contributed by atoms with Gasteiger partial charge in [-0.3, -0.25) is 0 Å². The van der Waals surface area contributed by atoms with Crippen molar-refractivity contribution < 1.29 is 4.74 Å². The van der Waals surface area contributed by atoms with Crippen LogP contribution < -0.4 is 5.32 Å². The number of likely N-dealkylation sites (N-methyl/N-ethyl adjacent to an activating group) is 2. The molecule has 0 spiro atoms. The molecule has 0 radical (unpaired) electrons. The Kier molecular flexibility index (Phi) is 5.86. The maximum absolute atomic E-state index is 5.76. The second kappa shape index (κ2) is 6.69. The summed E-state index contributed by atoms with van der Waals surface area (Å²) in [5.74, 6) is 0. The van der Waals surface area contributed by atoms with Gasteiger partial charge in [-0.1, -0.05) is 0 Å². The number of morpholine rings is 1. The Morgan fingerprint density at radius 2 is 2.12 bits per heavy atom. The Balaban J connectivity index is 2.13. The second-order valence-corrected chi connectivity index (χ2v) is 6.19. The van der Waals surface area contributed by atoms with Crippen molar-refractivity contribution in [1.29, 1.82) is 0 Å². The maximum Gasteiger partial charge on any atom is 0.0829 e. The summed E-state index contributed by atoms with van der Waals surface area (Å²) < 4.78 is 5.76. The lowest BCUT2D eigenvalue weighted by molar-refractivity contribution is -0.0323. The number of hydrogen-bond donors (Lipinski definition) is 1. The molecule has 0 saturated carbocycles. The lowest BCUT2D eigenvalue weighted by Crippen LogP contribution is -2.47. The van der Waals surface area contributed by atoms with E-state index < -0.39 is 0 Å². The van der Waals surface area contributed by atoms with Gasteiger partial charge in [-0.05, 0) is 34.9 Å². The van der Waals surface area contributed by atoms with E-state index in [1.165, 1.54) is 0 Å². The van der Waals surface area contributed by atoms with E-state index >= 15 is 0 Å². The zero-order chi connectivity index (χ0) is 12.9. The largest absolute Gasteiger partial charge is 0.374 e. The second-order valence-electron chi connectivity index (χ2n) is 6.19. The van der Waals surface area contributed by atoms with Crippen LogP contribution in [0, 0.1) is 0 Å². The van der Waals surface area contributed by atoms with E-state index in [0.29, 0.717) is 6.10 Å². The molecule has 1 N–H and O–H groups in total. The van der Waals surface area contributed by atoms with Gasteiger partial charge in [-0.2, -0.15) is 0 Å². The van der Waals surface area contributed by atoms with Gasteiger partial charge in [0, 0.05) is 38.3 Å². The Morgan fingerprint density at radius 3 is 2.71 bits per heavy atom. The van der Waals surface area contributed by atoms with Gasteiger partial charge in [0.25, 0.3) is 0 Å². The van der Waals surface area contributed by atoms with Crippen LogP contribution >= 0.6 is 0 Å². The number of rotatable bonds is 5. The molecule has 1 unspecified atom stereocenters. The topological polar surface area (TPSA) is 27.7 Å². The SMILES string of the molecule is CN(CCNC(C)(C)C)CC1CN(C)CCO1. The van der Waals surface area contributed by atoms with Gasteiger partial charge in [0.2, 0.25) is 0 Å². The van der Waals surface area contributed by atoms with Crippen molar-refractivity contribution in [3.05, 3.63) is 0 Å². The first-order valence-corrected chi connectivity index (χ1v) is 6.60. The molecule has 1 heterocycles. The zero-order valence-electron chi connectivity index (χ0n) is 12.1. The van der Waals surface area contributed by atoms with Gasteiger partial charge in [-0.25, -0.2) is 0 Å². The Hall–Kier alpha value is -0.160. The summed E-state index contributed by atoms with van der Waals surface area (Å²) in [6, 6.07) is 0. The molecule has 1 saturated heterocycles. The van der Waals surface area contributed by atoms with Crippen LogP contribution in [0.3, 0.4) is 0 Å². The molecule has 0 bridgehead atoms. The lowest BCUT2D eigenvalue weighted by Gasteiger charge is -2.33. The fourth-order valence-corrected chi connectivity index (χ4v) is 2.04. The molecule has 0 aromatic heterocycles. The highest BCUT2D eigenvalue weighted by molar-refractivity contribution is 4.74. The van der Waals surface area contributed by atoms with Crippen LogP contribution in [0.2, 0.25) is 0 Å². The average Bonchev–Trinajstić information content (AvgIpc) is 2.15. The molecule has 17 heavy (non-hydrogen) atoms. The highest BCUT2D eigenvalue weighted by atomic mass is 16.5. The van der Waals surface area contributed by atoms with Crippen LogP contribution in [-0.2, 0) is 4.74 Å². The van der Waals surface area contributed by atoms with Crippen LogP contribution in [-0.4, -0.2) is 74.9 Å². The van der Waals surface area contributed by atoms with Gasteiger partial charge in [0.1, 0.15) is 0 Å².